The number of anilines is 1. The van der Waals surface area contributed by atoms with Crippen LogP contribution in [-0.2, 0) is 0 Å². The SMILES string of the molecule is CN1c2cc(C#CC(C)(C)C)ccc2OC[C@@H](NC(=O)c2cc(Oc3ccc(F)cc3F)ccn2)C1O. The third-order valence-corrected chi connectivity index (χ3v) is 5.50. The molecule has 0 saturated heterocycles. The number of fused-ring (bicyclic) bond motifs is 1. The van der Waals surface area contributed by atoms with Crippen LogP contribution in [0.3, 0.4) is 0 Å². The van der Waals surface area contributed by atoms with Crippen LogP contribution in [-0.4, -0.2) is 41.9 Å². The maximum atomic E-state index is 13.9. The highest BCUT2D eigenvalue weighted by molar-refractivity contribution is 5.93. The van der Waals surface area contributed by atoms with Crippen LogP contribution in [0.5, 0.6) is 17.2 Å². The standard InChI is InChI=1S/C28H27F2N3O4/c1-28(2,3)11-9-17-5-7-25-23(13-17)33(4)27(35)22(16-36-25)32-26(34)21-15-19(10-12-31-21)37-24-8-6-18(29)14-20(24)30/h5-8,10,12-15,22,27,35H,16H2,1-4H3,(H,32,34)/t22-,27?/m1/s1. The van der Waals surface area contributed by atoms with Crippen LogP contribution in [0, 0.1) is 28.9 Å². The zero-order valence-electron chi connectivity index (χ0n) is 20.9. The van der Waals surface area contributed by atoms with Gasteiger partial charge in [0, 0.05) is 36.4 Å². The van der Waals surface area contributed by atoms with E-state index < -0.39 is 29.8 Å². The van der Waals surface area contributed by atoms with E-state index in [1.807, 2.05) is 32.9 Å². The normalized spacial score (nSPS) is 17.0. The number of aliphatic hydroxyl groups excluding tert-OH is 1. The number of hydrogen-bond donors (Lipinski definition) is 2. The Kier molecular flexibility index (Phi) is 7.32. The van der Waals surface area contributed by atoms with Gasteiger partial charge in [-0.2, -0.15) is 0 Å². The fourth-order valence-corrected chi connectivity index (χ4v) is 3.57. The minimum atomic E-state index is -1.11. The lowest BCUT2D eigenvalue weighted by atomic mass is 9.97. The number of hydrogen-bond acceptors (Lipinski definition) is 6. The quantitative estimate of drug-likeness (QED) is 0.506. The third-order valence-electron chi connectivity index (χ3n) is 5.50. The van der Waals surface area contributed by atoms with Crippen LogP contribution < -0.4 is 19.7 Å². The predicted molar refractivity (Wildman–Crippen MR) is 135 cm³/mol. The Bertz CT molecular complexity index is 1380. The molecule has 1 aliphatic rings. The molecule has 0 spiro atoms. The van der Waals surface area contributed by atoms with Crippen molar-refractivity contribution >= 4 is 11.6 Å². The van der Waals surface area contributed by atoms with Gasteiger partial charge < -0.3 is 24.8 Å². The highest BCUT2D eigenvalue weighted by atomic mass is 19.1. The zero-order chi connectivity index (χ0) is 26.7. The number of pyridine rings is 1. The lowest BCUT2D eigenvalue weighted by Gasteiger charge is -2.29. The Balaban J connectivity index is 1.48. The van der Waals surface area contributed by atoms with Gasteiger partial charge >= 0.3 is 0 Å². The van der Waals surface area contributed by atoms with Crippen molar-refractivity contribution in [3.05, 3.63) is 77.6 Å². The number of nitrogens with one attached hydrogen (secondary N) is 1. The third kappa shape index (κ3) is 6.35. The first-order chi connectivity index (χ1) is 17.5. The van der Waals surface area contributed by atoms with Crippen LogP contribution in [0.25, 0.3) is 0 Å². The zero-order valence-corrected chi connectivity index (χ0v) is 20.9. The lowest BCUT2D eigenvalue weighted by Crippen LogP contribution is -2.52. The van der Waals surface area contributed by atoms with Gasteiger partial charge in [0.1, 0.15) is 35.7 Å². The van der Waals surface area contributed by atoms with Gasteiger partial charge in [-0.15, -0.1) is 0 Å². The van der Waals surface area contributed by atoms with Crippen molar-refractivity contribution in [3.8, 4) is 29.1 Å². The van der Waals surface area contributed by atoms with Gasteiger partial charge in [0.25, 0.3) is 5.91 Å². The summed E-state index contributed by atoms with van der Waals surface area (Å²) in [5, 5.41) is 13.7. The number of likely N-dealkylation sites (N-methyl/N-ethyl adjacent to an activating group) is 1. The van der Waals surface area contributed by atoms with Gasteiger partial charge in [0.15, 0.2) is 17.8 Å². The summed E-state index contributed by atoms with van der Waals surface area (Å²) in [6.07, 6.45) is 0.220. The molecule has 1 aliphatic heterocycles. The summed E-state index contributed by atoms with van der Waals surface area (Å²) in [5.74, 6) is 4.61. The molecule has 0 aliphatic carbocycles. The Morgan fingerprint density at radius 2 is 1.97 bits per heavy atom. The monoisotopic (exact) mass is 507 g/mol. The summed E-state index contributed by atoms with van der Waals surface area (Å²) < 4.78 is 38.4. The smallest absolute Gasteiger partial charge is 0.270 e. The lowest BCUT2D eigenvalue weighted by molar-refractivity contribution is 0.0767. The number of nitrogens with zero attached hydrogens (tertiary/aromatic N) is 2. The minimum Gasteiger partial charge on any atom is -0.489 e. The van der Waals surface area contributed by atoms with Gasteiger partial charge in [-0.1, -0.05) is 11.8 Å². The summed E-state index contributed by atoms with van der Waals surface area (Å²) in [5.41, 5.74) is 1.24. The van der Waals surface area contributed by atoms with Gasteiger partial charge in [0.05, 0.1) is 5.69 Å². The average molecular weight is 508 g/mol. The van der Waals surface area contributed by atoms with Crippen molar-refractivity contribution in [1.82, 2.24) is 10.3 Å². The number of rotatable bonds is 4. The Labute approximate surface area is 214 Å². The van der Waals surface area contributed by atoms with Gasteiger partial charge in [0.2, 0.25) is 0 Å². The number of carbonyl (C=O) groups is 1. The van der Waals surface area contributed by atoms with Crippen LogP contribution in [0.15, 0.2) is 54.7 Å². The largest absolute Gasteiger partial charge is 0.489 e. The average Bonchev–Trinajstić information content (AvgIpc) is 2.96. The van der Waals surface area contributed by atoms with E-state index >= 15 is 0 Å². The fraction of sp³-hybridized carbons (Fsp3) is 0.286. The van der Waals surface area contributed by atoms with Crippen molar-refractivity contribution in [3.63, 3.8) is 0 Å². The Morgan fingerprint density at radius 1 is 1.19 bits per heavy atom. The molecule has 0 bridgehead atoms. The van der Waals surface area contributed by atoms with Gasteiger partial charge in [-0.05, 0) is 57.2 Å². The second kappa shape index (κ2) is 10.4. The van der Waals surface area contributed by atoms with Gasteiger partial charge in [-0.25, -0.2) is 8.78 Å². The number of amides is 1. The van der Waals surface area contributed by atoms with E-state index in [4.69, 9.17) is 9.47 Å². The van der Waals surface area contributed by atoms with E-state index in [0.29, 0.717) is 17.5 Å². The fourth-order valence-electron chi connectivity index (χ4n) is 3.57. The number of aliphatic hydroxyl groups is 1. The molecule has 2 aromatic carbocycles. The molecule has 1 unspecified atom stereocenters. The van der Waals surface area contributed by atoms with Crippen LogP contribution in [0.1, 0.15) is 36.8 Å². The molecule has 37 heavy (non-hydrogen) atoms. The highest BCUT2D eigenvalue weighted by Crippen LogP contribution is 2.33. The molecule has 0 fully saturated rings. The number of aromatic nitrogens is 1. The molecule has 0 radical (unpaired) electrons. The molecule has 1 amide bonds. The second-order valence-corrected chi connectivity index (χ2v) is 9.65. The molecule has 2 atom stereocenters. The maximum Gasteiger partial charge on any atom is 0.270 e. The van der Waals surface area contributed by atoms with Crippen LogP contribution in [0.4, 0.5) is 14.5 Å². The molecular weight excluding hydrogens is 480 g/mol. The first-order valence-electron chi connectivity index (χ1n) is 11.6. The molecule has 192 valence electrons. The molecule has 3 aromatic rings. The predicted octanol–water partition coefficient (Wildman–Crippen LogP) is 4.50. The van der Waals surface area contributed by atoms with Crippen molar-refractivity contribution in [1.29, 1.82) is 0 Å². The van der Waals surface area contributed by atoms with E-state index in [-0.39, 0.29) is 29.2 Å². The van der Waals surface area contributed by atoms with Crippen molar-refractivity contribution in [2.45, 2.75) is 33.0 Å². The first kappa shape index (κ1) is 25.9. The van der Waals surface area contributed by atoms with Gasteiger partial charge in [-0.3, -0.25) is 9.78 Å². The second-order valence-electron chi connectivity index (χ2n) is 9.65. The van der Waals surface area contributed by atoms with Crippen LogP contribution >= 0.6 is 0 Å². The molecule has 9 heteroatoms. The van der Waals surface area contributed by atoms with Crippen molar-refractivity contribution in [2.75, 3.05) is 18.6 Å². The molecule has 2 heterocycles. The molecule has 4 rings (SSSR count). The van der Waals surface area contributed by atoms with E-state index in [0.717, 1.165) is 17.7 Å². The Morgan fingerprint density at radius 3 is 2.70 bits per heavy atom. The van der Waals surface area contributed by atoms with E-state index in [2.05, 4.69) is 22.1 Å². The molecular formula is C28H27F2N3O4. The number of ether oxygens (including phenoxy) is 2. The first-order valence-corrected chi connectivity index (χ1v) is 11.6. The molecule has 7 nitrogen and oxygen atoms in total. The van der Waals surface area contributed by atoms with Crippen molar-refractivity contribution < 1.29 is 28.2 Å². The van der Waals surface area contributed by atoms with Crippen LogP contribution in [0.2, 0.25) is 0 Å². The highest BCUT2D eigenvalue weighted by Gasteiger charge is 2.31. The summed E-state index contributed by atoms with van der Waals surface area (Å²) >= 11 is 0. The maximum absolute atomic E-state index is 13.9. The summed E-state index contributed by atoms with van der Waals surface area (Å²) in [7, 11) is 1.70. The number of carbonyl (C=O) groups excluding carboxylic acids is 1. The van der Waals surface area contributed by atoms with E-state index in [9.17, 15) is 18.7 Å². The van der Waals surface area contributed by atoms with Crippen molar-refractivity contribution in [2.24, 2.45) is 5.41 Å². The summed E-state index contributed by atoms with van der Waals surface area (Å²) in [6.45, 7) is 6.07. The Hall–Kier alpha value is -4.16. The summed E-state index contributed by atoms with van der Waals surface area (Å²) in [6, 6.07) is 10.3. The molecule has 2 N–H and O–H groups in total. The van der Waals surface area contributed by atoms with E-state index in [1.165, 1.54) is 18.3 Å². The number of benzene rings is 2. The number of halogens is 2. The molecule has 1 aromatic heterocycles. The minimum absolute atomic E-state index is 0.00818. The summed E-state index contributed by atoms with van der Waals surface area (Å²) in [4.78, 5) is 18.6. The molecule has 0 saturated carbocycles. The topological polar surface area (TPSA) is 83.9 Å². The van der Waals surface area contributed by atoms with E-state index in [1.54, 1.807) is 18.0 Å².